The quantitative estimate of drug-likeness (QED) is 0.526. The lowest BCUT2D eigenvalue weighted by Gasteiger charge is -2.23. The molecule has 0 saturated heterocycles. The molecule has 2 N–H and O–H groups in total. The van der Waals surface area contributed by atoms with Crippen molar-refractivity contribution in [2.24, 2.45) is 0 Å². The van der Waals surface area contributed by atoms with Crippen molar-refractivity contribution in [2.45, 2.75) is 19.3 Å². The molecule has 0 aliphatic rings. The van der Waals surface area contributed by atoms with Gasteiger partial charge >= 0.3 is 0 Å². The zero-order chi connectivity index (χ0) is 9.73. The van der Waals surface area contributed by atoms with Crippen molar-refractivity contribution in [1.29, 1.82) is 0 Å². The minimum atomic E-state index is 0.0481. The molecule has 3 nitrogen and oxygen atoms in total. The summed E-state index contributed by atoms with van der Waals surface area (Å²) in [6, 6.07) is 4.04. The van der Waals surface area contributed by atoms with Crippen molar-refractivity contribution in [3.8, 4) is 0 Å². The molecular weight excluding hydrogens is 164 g/mol. The van der Waals surface area contributed by atoms with Crippen LogP contribution in [0, 0.1) is 0 Å². The standard InChI is InChI=1S/C10H16N2O/c1-10(2,8-11-6-7-13)9-4-3-5-12-9/h3-5,7,11-12H,6,8H2,1-2H3. The largest absolute Gasteiger partial charge is 0.365 e. The molecule has 0 bridgehead atoms. The van der Waals surface area contributed by atoms with Crippen molar-refractivity contribution in [1.82, 2.24) is 10.3 Å². The number of H-pyrrole nitrogens is 1. The van der Waals surface area contributed by atoms with Gasteiger partial charge < -0.3 is 15.1 Å². The highest BCUT2D eigenvalue weighted by Gasteiger charge is 2.20. The summed E-state index contributed by atoms with van der Waals surface area (Å²) >= 11 is 0. The first-order chi connectivity index (χ1) is 6.17. The molecule has 1 aromatic rings. The Morgan fingerprint density at radius 2 is 2.38 bits per heavy atom. The number of aromatic amines is 1. The van der Waals surface area contributed by atoms with Gasteiger partial charge in [-0.3, -0.25) is 0 Å². The fraction of sp³-hybridized carbons (Fsp3) is 0.500. The normalized spacial score (nSPS) is 11.5. The number of carbonyl (C=O) groups is 1. The molecular formula is C10H16N2O. The predicted molar refractivity (Wildman–Crippen MR) is 52.8 cm³/mol. The Morgan fingerprint density at radius 3 is 2.92 bits per heavy atom. The van der Waals surface area contributed by atoms with Gasteiger partial charge in [0.2, 0.25) is 0 Å². The number of rotatable bonds is 5. The van der Waals surface area contributed by atoms with E-state index in [1.165, 1.54) is 5.69 Å². The maximum atomic E-state index is 10.1. The molecule has 0 radical (unpaired) electrons. The van der Waals surface area contributed by atoms with Gasteiger partial charge in [-0.25, -0.2) is 0 Å². The van der Waals surface area contributed by atoms with Crippen LogP contribution in [0.4, 0.5) is 0 Å². The van der Waals surface area contributed by atoms with Crippen LogP contribution >= 0.6 is 0 Å². The Morgan fingerprint density at radius 1 is 1.62 bits per heavy atom. The molecule has 0 aliphatic heterocycles. The molecule has 0 aliphatic carbocycles. The Hall–Kier alpha value is -1.09. The van der Waals surface area contributed by atoms with Crippen molar-refractivity contribution >= 4 is 6.29 Å². The van der Waals surface area contributed by atoms with Gasteiger partial charge in [-0.2, -0.15) is 0 Å². The van der Waals surface area contributed by atoms with Gasteiger partial charge in [-0.1, -0.05) is 13.8 Å². The summed E-state index contributed by atoms with van der Waals surface area (Å²) < 4.78 is 0. The summed E-state index contributed by atoms with van der Waals surface area (Å²) in [7, 11) is 0. The van der Waals surface area contributed by atoms with Gasteiger partial charge in [0, 0.05) is 23.9 Å². The molecule has 3 heteroatoms. The van der Waals surface area contributed by atoms with Crippen LogP contribution in [0.25, 0.3) is 0 Å². The lowest BCUT2D eigenvalue weighted by molar-refractivity contribution is -0.107. The Kier molecular flexibility index (Phi) is 3.25. The summed E-state index contributed by atoms with van der Waals surface area (Å²) in [6.07, 6.45) is 2.79. The molecule has 1 aromatic heterocycles. The fourth-order valence-corrected chi connectivity index (χ4v) is 1.29. The van der Waals surface area contributed by atoms with E-state index in [0.717, 1.165) is 12.8 Å². The minimum absolute atomic E-state index is 0.0481. The zero-order valence-corrected chi connectivity index (χ0v) is 8.13. The lowest BCUT2D eigenvalue weighted by Crippen LogP contribution is -2.34. The number of hydrogen-bond acceptors (Lipinski definition) is 2. The summed E-state index contributed by atoms with van der Waals surface area (Å²) in [6.45, 7) is 5.49. The smallest absolute Gasteiger partial charge is 0.133 e. The lowest BCUT2D eigenvalue weighted by atomic mass is 9.89. The van der Waals surface area contributed by atoms with E-state index in [9.17, 15) is 4.79 Å². The summed E-state index contributed by atoms with van der Waals surface area (Å²) in [4.78, 5) is 13.3. The van der Waals surface area contributed by atoms with Gasteiger partial charge in [0.1, 0.15) is 6.29 Å². The third-order valence-electron chi connectivity index (χ3n) is 2.12. The highest BCUT2D eigenvalue weighted by molar-refractivity contribution is 5.51. The average molecular weight is 180 g/mol. The highest BCUT2D eigenvalue weighted by Crippen LogP contribution is 2.19. The van der Waals surface area contributed by atoms with E-state index >= 15 is 0 Å². The molecule has 0 atom stereocenters. The zero-order valence-electron chi connectivity index (χ0n) is 8.13. The summed E-state index contributed by atoms with van der Waals surface area (Å²) in [5, 5.41) is 3.08. The second-order valence-electron chi connectivity index (χ2n) is 3.77. The number of hydrogen-bond donors (Lipinski definition) is 2. The van der Waals surface area contributed by atoms with Crippen LogP contribution in [0.5, 0.6) is 0 Å². The van der Waals surface area contributed by atoms with Crippen molar-refractivity contribution in [2.75, 3.05) is 13.1 Å². The molecule has 1 heterocycles. The molecule has 0 amide bonds. The number of carbonyl (C=O) groups excluding carboxylic acids is 1. The van der Waals surface area contributed by atoms with E-state index in [2.05, 4.69) is 30.2 Å². The first-order valence-corrected chi connectivity index (χ1v) is 4.45. The maximum Gasteiger partial charge on any atom is 0.133 e. The second-order valence-corrected chi connectivity index (χ2v) is 3.77. The van der Waals surface area contributed by atoms with Crippen LogP contribution in [-0.2, 0) is 10.2 Å². The van der Waals surface area contributed by atoms with Crippen molar-refractivity contribution < 1.29 is 4.79 Å². The Labute approximate surface area is 78.5 Å². The monoisotopic (exact) mass is 180 g/mol. The number of aromatic nitrogens is 1. The van der Waals surface area contributed by atoms with Crippen molar-refractivity contribution in [3.63, 3.8) is 0 Å². The van der Waals surface area contributed by atoms with Crippen LogP contribution in [0.3, 0.4) is 0 Å². The highest BCUT2D eigenvalue weighted by atomic mass is 16.1. The van der Waals surface area contributed by atoms with E-state index in [4.69, 9.17) is 0 Å². The molecule has 0 saturated carbocycles. The van der Waals surface area contributed by atoms with E-state index in [-0.39, 0.29) is 5.41 Å². The Balaban J connectivity index is 2.51. The van der Waals surface area contributed by atoms with Crippen molar-refractivity contribution in [3.05, 3.63) is 24.0 Å². The third kappa shape index (κ3) is 2.70. The molecule has 13 heavy (non-hydrogen) atoms. The molecule has 0 spiro atoms. The molecule has 0 unspecified atom stereocenters. The second kappa shape index (κ2) is 4.23. The van der Waals surface area contributed by atoms with Gasteiger partial charge in [0.15, 0.2) is 0 Å². The van der Waals surface area contributed by atoms with E-state index in [0.29, 0.717) is 6.54 Å². The summed E-state index contributed by atoms with van der Waals surface area (Å²) in [5.74, 6) is 0. The maximum absolute atomic E-state index is 10.1. The topological polar surface area (TPSA) is 44.9 Å². The van der Waals surface area contributed by atoms with Gasteiger partial charge in [-0.05, 0) is 12.1 Å². The first-order valence-electron chi connectivity index (χ1n) is 4.45. The van der Waals surface area contributed by atoms with Crippen LogP contribution in [0.15, 0.2) is 18.3 Å². The van der Waals surface area contributed by atoms with E-state index in [1.807, 2.05) is 12.3 Å². The molecule has 1 rings (SSSR count). The SMILES string of the molecule is CC(C)(CNCC=O)c1ccc[nH]1. The average Bonchev–Trinajstić information content (AvgIpc) is 2.56. The van der Waals surface area contributed by atoms with Gasteiger partial charge in [0.25, 0.3) is 0 Å². The Bertz CT molecular complexity index is 252. The molecule has 0 fully saturated rings. The number of aldehydes is 1. The number of nitrogens with one attached hydrogen (secondary N) is 2. The third-order valence-corrected chi connectivity index (χ3v) is 2.12. The molecule has 0 aromatic carbocycles. The minimum Gasteiger partial charge on any atom is -0.365 e. The van der Waals surface area contributed by atoms with Gasteiger partial charge in [0.05, 0.1) is 6.54 Å². The van der Waals surface area contributed by atoms with Gasteiger partial charge in [-0.15, -0.1) is 0 Å². The van der Waals surface area contributed by atoms with E-state index < -0.39 is 0 Å². The van der Waals surface area contributed by atoms with E-state index in [1.54, 1.807) is 0 Å². The summed E-state index contributed by atoms with van der Waals surface area (Å²) in [5.41, 5.74) is 1.23. The van der Waals surface area contributed by atoms with Crippen LogP contribution < -0.4 is 5.32 Å². The van der Waals surface area contributed by atoms with Crippen LogP contribution in [-0.4, -0.2) is 24.4 Å². The fourth-order valence-electron chi connectivity index (χ4n) is 1.29. The first kappa shape index (κ1) is 9.99. The van der Waals surface area contributed by atoms with Crippen LogP contribution in [0.2, 0.25) is 0 Å². The van der Waals surface area contributed by atoms with Crippen LogP contribution in [0.1, 0.15) is 19.5 Å². The molecule has 72 valence electrons. The predicted octanol–water partition coefficient (Wildman–Crippen LogP) is 1.08.